The van der Waals surface area contributed by atoms with E-state index in [-0.39, 0.29) is 6.04 Å². The number of rotatable bonds is 2. The van der Waals surface area contributed by atoms with Gasteiger partial charge in [0.2, 0.25) is 0 Å². The van der Waals surface area contributed by atoms with Gasteiger partial charge in [-0.25, -0.2) is 0 Å². The van der Waals surface area contributed by atoms with E-state index in [1.54, 1.807) is 0 Å². The maximum Gasteiger partial charge on any atom is 0.135 e. The summed E-state index contributed by atoms with van der Waals surface area (Å²) in [7, 11) is 0. The van der Waals surface area contributed by atoms with E-state index < -0.39 is 0 Å². The van der Waals surface area contributed by atoms with Gasteiger partial charge in [0.25, 0.3) is 0 Å². The molecule has 2 aromatic rings. The summed E-state index contributed by atoms with van der Waals surface area (Å²) in [6.07, 6.45) is 0. The first kappa shape index (κ1) is 10.5. The van der Waals surface area contributed by atoms with Gasteiger partial charge in [0.1, 0.15) is 5.15 Å². The zero-order valence-corrected chi connectivity index (χ0v) is 9.62. The first-order valence-corrected chi connectivity index (χ1v) is 5.38. The van der Waals surface area contributed by atoms with E-state index in [4.69, 9.17) is 17.3 Å². The van der Waals surface area contributed by atoms with Crippen molar-refractivity contribution >= 4 is 22.5 Å². The Morgan fingerprint density at radius 3 is 2.80 bits per heavy atom. The first-order chi connectivity index (χ1) is 7.13. The van der Waals surface area contributed by atoms with Crippen LogP contribution in [-0.2, 0) is 6.54 Å². The van der Waals surface area contributed by atoms with Crippen LogP contribution in [0.2, 0.25) is 5.15 Å². The van der Waals surface area contributed by atoms with Crippen molar-refractivity contribution < 1.29 is 0 Å². The van der Waals surface area contributed by atoms with Crippen LogP contribution in [0.1, 0.15) is 25.5 Å². The van der Waals surface area contributed by atoms with E-state index in [0.29, 0.717) is 11.7 Å². The van der Waals surface area contributed by atoms with Gasteiger partial charge in [-0.2, -0.15) is 5.10 Å². The quantitative estimate of drug-likeness (QED) is 0.851. The molecule has 0 saturated heterocycles. The molecule has 2 N–H and O–H groups in total. The number of aromatic nitrogens is 2. The lowest BCUT2D eigenvalue weighted by Crippen LogP contribution is -2.01. The number of halogens is 1. The summed E-state index contributed by atoms with van der Waals surface area (Å²) in [4.78, 5) is 0. The van der Waals surface area contributed by atoms with Crippen molar-refractivity contribution in [3.63, 3.8) is 0 Å². The molecule has 0 bridgehead atoms. The molecule has 3 nitrogen and oxygen atoms in total. The van der Waals surface area contributed by atoms with Gasteiger partial charge < -0.3 is 5.73 Å². The van der Waals surface area contributed by atoms with Crippen molar-refractivity contribution in [3.8, 4) is 0 Å². The normalized spacial score (nSPS) is 11.5. The largest absolute Gasteiger partial charge is 0.326 e. The highest BCUT2D eigenvalue weighted by molar-refractivity contribution is 6.34. The lowest BCUT2D eigenvalue weighted by atomic mass is 10.2. The number of hydrogen-bond acceptors (Lipinski definition) is 2. The molecule has 0 atom stereocenters. The van der Waals surface area contributed by atoms with Gasteiger partial charge in [-0.1, -0.05) is 17.7 Å². The minimum absolute atomic E-state index is 0.270. The summed E-state index contributed by atoms with van der Waals surface area (Å²) in [6, 6.07) is 6.22. The Balaban J connectivity index is 2.66. The minimum atomic E-state index is 0.270. The van der Waals surface area contributed by atoms with Crippen LogP contribution in [0.3, 0.4) is 0 Å². The van der Waals surface area contributed by atoms with Crippen LogP contribution in [0.5, 0.6) is 0 Å². The fraction of sp³-hybridized carbons (Fsp3) is 0.364. The molecule has 1 aromatic heterocycles. The van der Waals surface area contributed by atoms with Crippen LogP contribution < -0.4 is 5.73 Å². The summed E-state index contributed by atoms with van der Waals surface area (Å²) in [6.45, 7) is 4.64. The molecule has 0 radical (unpaired) electrons. The van der Waals surface area contributed by atoms with Crippen LogP contribution in [0.25, 0.3) is 10.9 Å². The molecular formula is C11H14ClN3. The molecule has 2 rings (SSSR count). The van der Waals surface area contributed by atoms with Crippen LogP contribution in [0, 0.1) is 0 Å². The Morgan fingerprint density at radius 2 is 2.20 bits per heavy atom. The Hall–Kier alpha value is -1.06. The Kier molecular flexibility index (Phi) is 2.67. The van der Waals surface area contributed by atoms with Crippen molar-refractivity contribution in [1.82, 2.24) is 9.78 Å². The minimum Gasteiger partial charge on any atom is -0.326 e. The highest BCUT2D eigenvalue weighted by Crippen LogP contribution is 2.26. The standard InChI is InChI=1S/C11H14ClN3/c1-7(2)15-11(12)9-5-8(6-13)3-4-10(9)14-15/h3-5,7H,6,13H2,1-2H3. The van der Waals surface area contributed by atoms with Gasteiger partial charge in [0.05, 0.1) is 5.52 Å². The molecule has 0 spiro atoms. The Morgan fingerprint density at radius 1 is 1.47 bits per heavy atom. The number of nitrogens with zero attached hydrogens (tertiary/aromatic N) is 2. The third kappa shape index (κ3) is 1.73. The van der Waals surface area contributed by atoms with Crippen LogP contribution >= 0.6 is 11.6 Å². The van der Waals surface area contributed by atoms with Crippen LogP contribution in [0.15, 0.2) is 18.2 Å². The van der Waals surface area contributed by atoms with Crippen molar-refractivity contribution in [2.75, 3.05) is 0 Å². The van der Waals surface area contributed by atoms with Crippen molar-refractivity contribution in [1.29, 1.82) is 0 Å². The second-order valence-electron chi connectivity index (χ2n) is 3.88. The summed E-state index contributed by atoms with van der Waals surface area (Å²) < 4.78 is 1.83. The highest BCUT2D eigenvalue weighted by atomic mass is 35.5. The molecule has 0 aliphatic rings. The Labute approximate surface area is 93.8 Å². The molecule has 0 unspecified atom stereocenters. The molecule has 0 fully saturated rings. The fourth-order valence-electron chi connectivity index (χ4n) is 1.59. The number of benzene rings is 1. The fourth-order valence-corrected chi connectivity index (χ4v) is 1.97. The number of hydrogen-bond donors (Lipinski definition) is 1. The number of nitrogens with two attached hydrogens (primary N) is 1. The number of fused-ring (bicyclic) bond motifs is 1. The third-order valence-corrected chi connectivity index (χ3v) is 2.80. The molecule has 1 heterocycles. The van der Waals surface area contributed by atoms with E-state index in [1.807, 2.05) is 22.9 Å². The molecule has 4 heteroatoms. The van der Waals surface area contributed by atoms with Crippen LogP contribution in [0.4, 0.5) is 0 Å². The summed E-state index contributed by atoms with van der Waals surface area (Å²) in [5.41, 5.74) is 7.59. The van der Waals surface area contributed by atoms with E-state index in [0.717, 1.165) is 16.5 Å². The predicted octanol–water partition coefficient (Wildman–Crippen LogP) is 2.73. The van der Waals surface area contributed by atoms with E-state index in [9.17, 15) is 0 Å². The topological polar surface area (TPSA) is 43.8 Å². The maximum atomic E-state index is 6.24. The maximum absolute atomic E-state index is 6.24. The van der Waals surface area contributed by atoms with Crippen LogP contribution in [-0.4, -0.2) is 9.78 Å². The molecule has 1 aromatic carbocycles. The molecule has 0 amide bonds. The second-order valence-corrected chi connectivity index (χ2v) is 4.24. The van der Waals surface area contributed by atoms with Gasteiger partial charge in [0, 0.05) is 18.0 Å². The van der Waals surface area contributed by atoms with Gasteiger partial charge in [-0.15, -0.1) is 0 Å². The predicted molar refractivity (Wildman–Crippen MR) is 63.0 cm³/mol. The van der Waals surface area contributed by atoms with E-state index >= 15 is 0 Å². The molecule has 15 heavy (non-hydrogen) atoms. The zero-order valence-electron chi connectivity index (χ0n) is 8.87. The molecule has 0 saturated carbocycles. The monoisotopic (exact) mass is 223 g/mol. The van der Waals surface area contributed by atoms with Crippen molar-refractivity contribution in [2.24, 2.45) is 5.73 Å². The second kappa shape index (κ2) is 3.83. The zero-order chi connectivity index (χ0) is 11.0. The molecule has 80 valence electrons. The molecule has 0 aliphatic heterocycles. The average Bonchev–Trinajstić information content (AvgIpc) is 2.56. The van der Waals surface area contributed by atoms with E-state index in [1.165, 1.54) is 0 Å². The van der Waals surface area contributed by atoms with Gasteiger partial charge in [0.15, 0.2) is 0 Å². The van der Waals surface area contributed by atoms with Gasteiger partial charge in [-0.05, 0) is 31.5 Å². The lowest BCUT2D eigenvalue weighted by Gasteiger charge is -2.05. The van der Waals surface area contributed by atoms with Gasteiger partial charge in [-0.3, -0.25) is 4.68 Å². The van der Waals surface area contributed by atoms with Crippen molar-refractivity contribution in [3.05, 3.63) is 28.9 Å². The summed E-state index contributed by atoms with van der Waals surface area (Å²) in [5.74, 6) is 0. The SMILES string of the molecule is CC(C)n1nc2ccc(CN)cc2c1Cl. The summed E-state index contributed by atoms with van der Waals surface area (Å²) in [5, 5.41) is 6.10. The Bertz CT molecular complexity index is 488. The average molecular weight is 224 g/mol. The summed E-state index contributed by atoms with van der Waals surface area (Å²) >= 11 is 6.24. The molecular weight excluding hydrogens is 210 g/mol. The molecule has 0 aliphatic carbocycles. The smallest absolute Gasteiger partial charge is 0.135 e. The first-order valence-electron chi connectivity index (χ1n) is 5.00. The van der Waals surface area contributed by atoms with E-state index in [2.05, 4.69) is 18.9 Å². The third-order valence-electron chi connectivity index (χ3n) is 2.42. The van der Waals surface area contributed by atoms with Crippen molar-refractivity contribution in [2.45, 2.75) is 26.4 Å². The van der Waals surface area contributed by atoms with Gasteiger partial charge >= 0.3 is 0 Å². The highest BCUT2D eigenvalue weighted by Gasteiger charge is 2.11. The lowest BCUT2D eigenvalue weighted by molar-refractivity contribution is 0.538.